The van der Waals surface area contributed by atoms with Gasteiger partial charge in [-0.3, -0.25) is 14.9 Å². The first-order valence-corrected chi connectivity index (χ1v) is 6.40. The van der Waals surface area contributed by atoms with Gasteiger partial charge in [0, 0.05) is 12.5 Å². The van der Waals surface area contributed by atoms with Crippen molar-refractivity contribution in [2.45, 2.75) is 57.4 Å². The Morgan fingerprint density at radius 3 is 2.17 bits per heavy atom. The predicted molar refractivity (Wildman–Crippen MR) is 65.0 cm³/mol. The van der Waals surface area contributed by atoms with Crippen LogP contribution in [0.5, 0.6) is 0 Å². The number of carbonyl (C=O) groups is 3. The lowest BCUT2D eigenvalue weighted by Gasteiger charge is -2.16. The molecule has 0 aromatic heterocycles. The molecule has 0 aromatic rings. The van der Waals surface area contributed by atoms with Crippen molar-refractivity contribution in [2.24, 2.45) is 0 Å². The summed E-state index contributed by atoms with van der Waals surface area (Å²) in [5, 5.41) is 13.3. The van der Waals surface area contributed by atoms with Gasteiger partial charge in [-0.05, 0) is 12.8 Å². The molecule has 0 aliphatic heterocycles. The summed E-state index contributed by atoms with van der Waals surface area (Å²) in [5.41, 5.74) is 0. The number of carbonyl (C=O) groups excluding carboxylic acids is 2. The van der Waals surface area contributed by atoms with Crippen LogP contribution in [0.4, 0.5) is 4.79 Å². The Labute approximate surface area is 106 Å². The molecule has 0 aromatic carbocycles. The highest BCUT2D eigenvalue weighted by Crippen LogP contribution is 2.16. The third-order valence-corrected chi connectivity index (χ3v) is 3.01. The molecule has 0 heterocycles. The summed E-state index contributed by atoms with van der Waals surface area (Å²) in [6.45, 7) is 0. The lowest BCUT2D eigenvalue weighted by atomic mass is 10.1. The molecule has 1 saturated carbocycles. The van der Waals surface area contributed by atoms with Crippen LogP contribution in [0.25, 0.3) is 0 Å². The molecule has 102 valence electrons. The van der Waals surface area contributed by atoms with E-state index in [1.165, 1.54) is 12.8 Å². The SMILES string of the molecule is O=C(O)CCC(=O)NC(=O)NC1CCCCCC1. The van der Waals surface area contributed by atoms with E-state index in [9.17, 15) is 14.4 Å². The largest absolute Gasteiger partial charge is 0.481 e. The first-order chi connectivity index (χ1) is 8.58. The average molecular weight is 256 g/mol. The molecule has 6 heteroatoms. The Bertz CT molecular complexity index is 309. The summed E-state index contributed by atoms with van der Waals surface area (Å²) in [6.07, 6.45) is 6.02. The number of carboxylic acid groups (broad SMARTS) is 1. The molecule has 0 bridgehead atoms. The molecule has 1 rings (SSSR count). The number of carboxylic acids is 1. The molecule has 3 N–H and O–H groups in total. The zero-order chi connectivity index (χ0) is 13.4. The second-order valence-electron chi connectivity index (χ2n) is 4.60. The maximum absolute atomic E-state index is 11.5. The number of amides is 3. The van der Waals surface area contributed by atoms with Crippen molar-refractivity contribution >= 4 is 17.9 Å². The highest BCUT2D eigenvalue weighted by Gasteiger charge is 2.16. The van der Waals surface area contributed by atoms with E-state index in [1.807, 2.05) is 0 Å². The van der Waals surface area contributed by atoms with Gasteiger partial charge in [-0.25, -0.2) is 4.79 Å². The fourth-order valence-corrected chi connectivity index (χ4v) is 2.05. The summed E-state index contributed by atoms with van der Waals surface area (Å²) in [7, 11) is 0. The van der Waals surface area contributed by atoms with E-state index in [4.69, 9.17) is 5.11 Å². The third-order valence-electron chi connectivity index (χ3n) is 3.01. The molecule has 1 fully saturated rings. The third kappa shape index (κ3) is 6.22. The second kappa shape index (κ2) is 7.68. The molecule has 1 aliphatic rings. The molecule has 0 radical (unpaired) electrons. The molecule has 1 aliphatic carbocycles. The van der Waals surface area contributed by atoms with Gasteiger partial charge in [0.2, 0.25) is 5.91 Å². The highest BCUT2D eigenvalue weighted by atomic mass is 16.4. The Balaban J connectivity index is 2.23. The van der Waals surface area contributed by atoms with Gasteiger partial charge >= 0.3 is 12.0 Å². The first kappa shape index (κ1) is 14.5. The van der Waals surface area contributed by atoms with Crippen molar-refractivity contribution < 1.29 is 19.5 Å². The van der Waals surface area contributed by atoms with Gasteiger partial charge in [-0.2, -0.15) is 0 Å². The van der Waals surface area contributed by atoms with E-state index in [-0.39, 0.29) is 18.9 Å². The first-order valence-electron chi connectivity index (χ1n) is 6.40. The minimum absolute atomic E-state index is 0.125. The zero-order valence-electron chi connectivity index (χ0n) is 10.4. The minimum Gasteiger partial charge on any atom is -0.481 e. The number of hydrogen-bond donors (Lipinski definition) is 3. The number of imide groups is 1. The van der Waals surface area contributed by atoms with Gasteiger partial charge in [0.1, 0.15) is 0 Å². The van der Waals surface area contributed by atoms with Crippen molar-refractivity contribution in [1.29, 1.82) is 0 Å². The Morgan fingerprint density at radius 2 is 1.61 bits per heavy atom. The second-order valence-corrected chi connectivity index (χ2v) is 4.60. The minimum atomic E-state index is -1.05. The summed E-state index contributed by atoms with van der Waals surface area (Å²) in [6, 6.07) is -0.392. The average Bonchev–Trinajstić information content (AvgIpc) is 2.54. The van der Waals surface area contributed by atoms with Crippen LogP contribution in [0.1, 0.15) is 51.4 Å². The topological polar surface area (TPSA) is 95.5 Å². The van der Waals surface area contributed by atoms with Crippen molar-refractivity contribution in [1.82, 2.24) is 10.6 Å². The van der Waals surface area contributed by atoms with Crippen LogP contribution in [0.2, 0.25) is 0 Å². The summed E-state index contributed by atoms with van der Waals surface area (Å²) in [5.74, 6) is -1.60. The van der Waals surface area contributed by atoms with Crippen molar-refractivity contribution in [2.75, 3.05) is 0 Å². The fraction of sp³-hybridized carbons (Fsp3) is 0.750. The molecule has 0 unspecified atom stereocenters. The van der Waals surface area contributed by atoms with Gasteiger partial charge in [0.15, 0.2) is 0 Å². The van der Waals surface area contributed by atoms with Crippen molar-refractivity contribution in [3.05, 3.63) is 0 Å². The van der Waals surface area contributed by atoms with Crippen molar-refractivity contribution in [3.8, 4) is 0 Å². The van der Waals surface area contributed by atoms with Crippen LogP contribution in [-0.4, -0.2) is 29.1 Å². The quantitative estimate of drug-likeness (QED) is 0.662. The Kier molecular flexibility index (Phi) is 6.18. The number of urea groups is 1. The normalized spacial score (nSPS) is 16.7. The van der Waals surface area contributed by atoms with E-state index in [0.717, 1.165) is 25.7 Å². The van der Waals surface area contributed by atoms with Gasteiger partial charge in [0.05, 0.1) is 6.42 Å². The Morgan fingerprint density at radius 1 is 1.00 bits per heavy atom. The lowest BCUT2D eigenvalue weighted by Crippen LogP contribution is -2.44. The van der Waals surface area contributed by atoms with Crippen LogP contribution >= 0.6 is 0 Å². The van der Waals surface area contributed by atoms with Crippen LogP contribution in [0, 0.1) is 0 Å². The molecule has 0 saturated heterocycles. The van der Waals surface area contributed by atoms with E-state index >= 15 is 0 Å². The van der Waals surface area contributed by atoms with Gasteiger partial charge in [0.25, 0.3) is 0 Å². The van der Waals surface area contributed by atoms with E-state index in [1.54, 1.807) is 0 Å². The maximum atomic E-state index is 11.5. The molecule has 0 atom stereocenters. The van der Waals surface area contributed by atoms with Gasteiger partial charge in [-0.1, -0.05) is 25.7 Å². The van der Waals surface area contributed by atoms with Crippen LogP contribution < -0.4 is 10.6 Å². The standard InChI is InChI=1S/C12H20N2O4/c15-10(7-8-11(16)17)14-12(18)13-9-5-3-1-2-4-6-9/h9H,1-8H2,(H,16,17)(H2,13,14,15,18). The maximum Gasteiger partial charge on any atom is 0.321 e. The predicted octanol–water partition coefficient (Wildman–Crippen LogP) is 1.40. The molecule has 18 heavy (non-hydrogen) atoms. The fourth-order valence-electron chi connectivity index (χ4n) is 2.05. The zero-order valence-corrected chi connectivity index (χ0v) is 10.4. The van der Waals surface area contributed by atoms with Gasteiger partial charge in [-0.15, -0.1) is 0 Å². The molecular formula is C12H20N2O4. The lowest BCUT2D eigenvalue weighted by molar-refractivity contribution is -0.138. The number of aliphatic carboxylic acids is 1. The van der Waals surface area contributed by atoms with Gasteiger partial charge < -0.3 is 10.4 Å². The summed E-state index contributed by atoms with van der Waals surface area (Å²) >= 11 is 0. The molecular weight excluding hydrogens is 236 g/mol. The summed E-state index contributed by atoms with van der Waals surface area (Å²) < 4.78 is 0. The molecule has 3 amide bonds. The molecule has 6 nitrogen and oxygen atoms in total. The Hall–Kier alpha value is -1.59. The number of nitrogens with one attached hydrogen (secondary N) is 2. The van der Waals surface area contributed by atoms with E-state index in [2.05, 4.69) is 10.6 Å². The summed E-state index contributed by atoms with van der Waals surface area (Å²) in [4.78, 5) is 33.0. The number of rotatable bonds is 4. The van der Waals surface area contributed by atoms with E-state index in [0.29, 0.717) is 0 Å². The monoisotopic (exact) mass is 256 g/mol. The van der Waals surface area contributed by atoms with Crippen LogP contribution in [-0.2, 0) is 9.59 Å². The highest BCUT2D eigenvalue weighted by molar-refractivity contribution is 5.95. The van der Waals surface area contributed by atoms with Crippen molar-refractivity contribution in [3.63, 3.8) is 0 Å². The smallest absolute Gasteiger partial charge is 0.321 e. The molecule has 0 spiro atoms. The number of hydrogen-bond acceptors (Lipinski definition) is 3. The van der Waals surface area contributed by atoms with Crippen LogP contribution in [0.3, 0.4) is 0 Å². The van der Waals surface area contributed by atoms with Crippen LogP contribution in [0.15, 0.2) is 0 Å². The van der Waals surface area contributed by atoms with E-state index < -0.39 is 17.9 Å².